The van der Waals surface area contributed by atoms with Crippen LogP contribution < -0.4 is 0 Å². The van der Waals surface area contributed by atoms with Gasteiger partial charge in [0.05, 0.1) is 26.4 Å². The normalized spacial score (nSPS) is 14.7. The summed E-state index contributed by atoms with van der Waals surface area (Å²) in [6, 6.07) is 0. The van der Waals surface area contributed by atoms with Gasteiger partial charge in [0.1, 0.15) is 19.3 Å². The van der Waals surface area contributed by atoms with E-state index < -0.39 is 97.5 Å². The van der Waals surface area contributed by atoms with Crippen molar-refractivity contribution in [3.05, 3.63) is 182 Å². The van der Waals surface area contributed by atoms with E-state index in [1.807, 2.05) is 30.4 Å². The van der Waals surface area contributed by atoms with Crippen LogP contribution in [0.4, 0.5) is 0 Å². The number of allylic oxidation sites excluding steroid dienone is 30. The fourth-order valence-corrected chi connectivity index (χ4v) is 12.4. The molecule has 0 saturated carbocycles. The number of ether oxygens (including phenoxy) is 4. The molecule has 0 aliphatic carbocycles. The van der Waals surface area contributed by atoms with Crippen molar-refractivity contribution < 1.29 is 80.2 Å². The highest BCUT2D eigenvalue weighted by Crippen LogP contribution is 2.45. The standard InChI is InChI=1S/C93H152O17P2/c1-5-9-13-17-21-25-29-33-37-40-43-46-50-53-57-61-65-69-73-77-90(95)103-83-88(109-92(97)79-75-71-67-63-59-55-49-36-32-28-24-20-16-12-8-4)85-107-111(99,100)105-81-87(94)82-106-112(101,102)108-86-89(110-93(98)80-76-72-68-64-60-56-52-48-45-42-39-35-31-27-23-19-15-11-7-3)84-104-91(96)78-74-70-66-62-58-54-51-47-44-41-38-34-30-26-22-18-14-10-6-2/h11,15,21-23,25-27,33-35,37-39,43-48,53-54,56-58,60,65-66,69-70,87-89,94H,5-10,12-14,16-20,24,28-32,36,40-42,49-52,55,59,61-64,67-68,71-86H2,1-4H3,(H,99,100)(H,101,102)/b15-11-,25-21-,26-22-,27-23-,37-33-,38-34-,39-35-,46-43-,47-44-,48-45-,57-53-,58-54-,60-56-,69-65-,70-66-/t87-,88+,89+/m0/s1. The Morgan fingerprint density at radius 3 is 0.768 bits per heavy atom. The van der Waals surface area contributed by atoms with Gasteiger partial charge in [-0.25, -0.2) is 9.13 Å². The summed E-state index contributed by atoms with van der Waals surface area (Å²) in [5.74, 6) is -2.41. The van der Waals surface area contributed by atoms with Crippen LogP contribution >= 0.6 is 15.6 Å². The summed E-state index contributed by atoms with van der Waals surface area (Å²) < 4.78 is 68.6. The monoisotopic (exact) mass is 1600 g/mol. The Hall–Kier alpha value is -5.84. The summed E-state index contributed by atoms with van der Waals surface area (Å²) >= 11 is 0. The van der Waals surface area contributed by atoms with Gasteiger partial charge < -0.3 is 33.8 Å². The Kier molecular flexibility index (Phi) is 78.8. The molecule has 0 radical (unpaired) electrons. The smallest absolute Gasteiger partial charge is 0.462 e. The first kappa shape index (κ1) is 106. The minimum atomic E-state index is -5.02. The average molecular weight is 1600 g/mol. The van der Waals surface area contributed by atoms with E-state index in [1.54, 1.807) is 0 Å². The Labute approximate surface area is 679 Å². The summed E-state index contributed by atoms with van der Waals surface area (Å²) in [6.45, 7) is 4.51. The number of aliphatic hydroxyl groups excluding tert-OH is 1. The number of aliphatic hydroxyl groups is 1. The molecule has 5 atom stereocenters. The maximum atomic E-state index is 13.1. The van der Waals surface area contributed by atoms with Gasteiger partial charge in [0.25, 0.3) is 0 Å². The molecule has 2 unspecified atom stereocenters. The second kappa shape index (κ2) is 83.1. The number of esters is 4. The van der Waals surface area contributed by atoms with Crippen molar-refractivity contribution in [3.63, 3.8) is 0 Å². The summed E-state index contributed by atoms with van der Waals surface area (Å²) in [6.07, 6.45) is 102. The van der Waals surface area contributed by atoms with Crippen LogP contribution in [0.2, 0.25) is 0 Å². The predicted octanol–water partition coefficient (Wildman–Crippen LogP) is 25.9. The highest BCUT2D eigenvalue weighted by molar-refractivity contribution is 7.47. The number of rotatable bonds is 79. The third-order valence-electron chi connectivity index (χ3n) is 17.4. The van der Waals surface area contributed by atoms with E-state index in [0.29, 0.717) is 38.5 Å². The lowest BCUT2D eigenvalue weighted by Gasteiger charge is -2.21. The molecular weight excluding hydrogens is 1450 g/mol. The minimum absolute atomic E-state index is 0.0223. The van der Waals surface area contributed by atoms with E-state index >= 15 is 0 Å². The summed E-state index contributed by atoms with van der Waals surface area (Å²) in [5.41, 5.74) is 0. The van der Waals surface area contributed by atoms with Crippen molar-refractivity contribution in [2.75, 3.05) is 39.6 Å². The summed E-state index contributed by atoms with van der Waals surface area (Å²) in [4.78, 5) is 73.2. The number of unbranched alkanes of at least 4 members (excludes halogenated alkanes) is 23. The van der Waals surface area contributed by atoms with Crippen LogP contribution in [-0.4, -0.2) is 96.7 Å². The van der Waals surface area contributed by atoms with Crippen LogP contribution in [0.3, 0.4) is 0 Å². The van der Waals surface area contributed by atoms with Gasteiger partial charge in [0.2, 0.25) is 0 Å². The molecule has 0 aromatic carbocycles. The highest BCUT2D eigenvalue weighted by Gasteiger charge is 2.30. The Morgan fingerprint density at radius 1 is 0.259 bits per heavy atom. The van der Waals surface area contributed by atoms with Crippen LogP contribution in [0.15, 0.2) is 182 Å². The second-order valence-electron chi connectivity index (χ2n) is 28.0. The first-order valence-electron chi connectivity index (χ1n) is 43.0. The highest BCUT2D eigenvalue weighted by atomic mass is 31.2. The maximum absolute atomic E-state index is 13.1. The van der Waals surface area contributed by atoms with Crippen LogP contribution in [0.5, 0.6) is 0 Å². The fourth-order valence-electron chi connectivity index (χ4n) is 10.9. The van der Waals surface area contributed by atoms with E-state index in [-0.39, 0.29) is 25.7 Å². The third kappa shape index (κ3) is 82.2. The van der Waals surface area contributed by atoms with Crippen molar-refractivity contribution in [2.24, 2.45) is 0 Å². The van der Waals surface area contributed by atoms with Gasteiger partial charge in [0.15, 0.2) is 12.2 Å². The molecule has 0 saturated heterocycles. The zero-order chi connectivity index (χ0) is 81.7. The van der Waals surface area contributed by atoms with Gasteiger partial charge >= 0.3 is 39.5 Å². The van der Waals surface area contributed by atoms with Crippen LogP contribution in [0, 0.1) is 0 Å². The summed E-state index contributed by atoms with van der Waals surface area (Å²) in [5, 5.41) is 10.7. The van der Waals surface area contributed by atoms with Crippen molar-refractivity contribution in [3.8, 4) is 0 Å². The van der Waals surface area contributed by atoms with E-state index in [1.165, 1.54) is 103 Å². The number of carbonyl (C=O) groups is 4. The molecule has 636 valence electrons. The van der Waals surface area contributed by atoms with Gasteiger partial charge in [-0.15, -0.1) is 0 Å². The number of phosphoric acid groups is 2. The van der Waals surface area contributed by atoms with E-state index in [4.69, 9.17) is 37.0 Å². The molecule has 0 heterocycles. The van der Waals surface area contributed by atoms with Gasteiger partial charge in [0, 0.05) is 25.7 Å². The van der Waals surface area contributed by atoms with Crippen LogP contribution in [0.1, 0.15) is 323 Å². The average Bonchev–Trinajstić information content (AvgIpc) is 0.897. The molecule has 0 aliphatic rings. The first-order chi connectivity index (χ1) is 54.7. The number of phosphoric ester groups is 2. The third-order valence-corrected chi connectivity index (χ3v) is 19.3. The fraction of sp³-hybridized carbons (Fsp3) is 0.634. The molecule has 0 aromatic heterocycles. The van der Waals surface area contributed by atoms with Crippen molar-refractivity contribution in [1.29, 1.82) is 0 Å². The second-order valence-corrected chi connectivity index (χ2v) is 30.9. The van der Waals surface area contributed by atoms with Crippen LogP contribution in [-0.2, 0) is 65.4 Å². The Balaban J connectivity index is 5.55. The molecule has 0 bridgehead atoms. The van der Waals surface area contributed by atoms with E-state index in [9.17, 15) is 43.2 Å². The minimum Gasteiger partial charge on any atom is -0.462 e. The van der Waals surface area contributed by atoms with Crippen molar-refractivity contribution in [1.82, 2.24) is 0 Å². The zero-order valence-electron chi connectivity index (χ0n) is 69.8. The lowest BCUT2D eigenvalue weighted by Crippen LogP contribution is -2.30. The van der Waals surface area contributed by atoms with Gasteiger partial charge in [-0.2, -0.15) is 0 Å². The molecule has 0 aromatic rings. The molecule has 0 aliphatic heterocycles. The lowest BCUT2D eigenvalue weighted by molar-refractivity contribution is -0.161. The van der Waals surface area contributed by atoms with E-state index in [2.05, 4.69) is 180 Å². The first-order valence-corrected chi connectivity index (χ1v) is 46.0. The number of carbonyl (C=O) groups excluding carboxylic acids is 4. The SMILES string of the molecule is CC/C=C\C/C=C\C/C=C\C/C=C\C/C=C\CCCCCC(=O)O[C@H](COC(=O)CC/C=C\C/C=C\C/C=C\C/C=C\C/C=C\CCCCC)COP(=O)(O)OC[C@@H](O)COP(=O)(O)OC[C@@H](COC(=O)CC/C=C\C/C=C\C/C=C\C/C=C\C/C=C\CCCCC)OC(=O)CCCCCCCCCCCCCCCCC. The Bertz CT molecular complexity index is 2840. The lowest BCUT2D eigenvalue weighted by atomic mass is 10.0. The summed E-state index contributed by atoms with van der Waals surface area (Å²) in [7, 11) is -10.0. The van der Waals surface area contributed by atoms with Crippen molar-refractivity contribution in [2.45, 2.75) is 341 Å². The maximum Gasteiger partial charge on any atom is 0.472 e. The molecule has 0 rings (SSSR count). The quantitative estimate of drug-likeness (QED) is 0.0169. The number of hydrogen-bond donors (Lipinski definition) is 3. The number of hydrogen-bond acceptors (Lipinski definition) is 15. The van der Waals surface area contributed by atoms with Gasteiger partial charge in [-0.05, 0) is 148 Å². The molecule has 19 heteroatoms. The largest absolute Gasteiger partial charge is 0.472 e. The molecule has 17 nitrogen and oxygen atoms in total. The topological polar surface area (TPSA) is 237 Å². The predicted molar refractivity (Wildman–Crippen MR) is 463 cm³/mol. The molecule has 0 fully saturated rings. The molecule has 112 heavy (non-hydrogen) atoms. The molecule has 0 spiro atoms. The van der Waals surface area contributed by atoms with Crippen molar-refractivity contribution >= 4 is 39.5 Å². The molecular formula is C93H152O17P2. The zero-order valence-corrected chi connectivity index (χ0v) is 71.6. The Morgan fingerprint density at radius 2 is 0.482 bits per heavy atom. The van der Waals surface area contributed by atoms with Gasteiger partial charge in [-0.3, -0.25) is 37.3 Å². The molecule has 0 amide bonds. The molecule has 3 N–H and O–H groups in total. The van der Waals surface area contributed by atoms with E-state index in [0.717, 1.165) is 128 Å². The van der Waals surface area contributed by atoms with Crippen LogP contribution in [0.25, 0.3) is 0 Å². The van der Waals surface area contributed by atoms with Gasteiger partial charge in [-0.1, -0.05) is 332 Å².